The Kier molecular flexibility index (Phi) is 6.26. The summed E-state index contributed by atoms with van der Waals surface area (Å²) in [6.45, 7) is 2.30. The molecule has 1 saturated heterocycles. The Labute approximate surface area is 172 Å². The molecule has 6 heteroatoms. The lowest BCUT2D eigenvalue weighted by Crippen LogP contribution is -2.30. The molecule has 1 saturated carbocycles. The lowest BCUT2D eigenvalue weighted by Gasteiger charge is -2.28. The number of nitrogens with one attached hydrogen (secondary N) is 1. The molecule has 1 aliphatic heterocycles. The summed E-state index contributed by atoms with van der Waals surface area (Å²) in [7, 11) is 0. The van der Waals surface area contributed by atoms with Crippen LogP contribution in [0.3, 0.4) is 0 Å². The van der Waals surface area contributed by atoms with Gasteiger partial charge in [-0.1, -0.05) is 12.1 Å². The predicted octanol–water partition coefficient (Wildman–Crippen LogP) is 4.35. The van der Waals surface area contributed by atoms with E-state index in [-0.39, 0.29) is 0 Å². The molecule has 2 aromatic rings. The van der Waals surface area contributed by atoms with Crippen LogP contribution in [0.1, 0.15) is 62.1 Å². The van der Waals surface area contributed by atoms with Gasteiger partial charge in [-0.05, 0) is 74.5 Å². The van der Waals surface area contributed by atoms with Gasteiger partial charge in [0.05, 0.1) is 6.20 Å². The highest BCUT2D eigenvalue weighted by Crippen LogP contribution is 2.36. The zero-order valence-corrected chi connectivity index (χ0v) is 16.8. The third-order valence-electron chi connectivity index (χ3n) is 6.30. The van der Waals surface area contributed by atoms with Crippen molar-refractivity contribution in [2.24, 2.45) is 5.92 Å². The highest BCUT2D eigenvalue weighted by Gasteiger charge is 2.22. The lowest BCUT2D eigenvalue weighted by molar-refractivity contribution is 0.182. The first-order valence-electron chi connectivity index (χ1n) is 10.8. The van der Waals surface area contributed by atoms with Crippen LogP contribution in [0.25, 0.3) is 0 Å². The number of hydrogen-bond acceptors (Lipinski definition) is 6. The van der Waals surface area contributed by atoms with Gasteiger partial charge >= 0.3 is 0 Å². The average molecular weight is 392 g/mol. The van der Waals surface area contributed by atoms with Gasteiger partial charge in [0.15, 0.2) is 11.5 Å². The topological polar surface area (TPSA) is 85.1 Å². The number of aliphatic hydroxyl groups is 1. The summed E-state index contributed by atoms with van der Waals surface area (Å²) in [5, 5.41) is 22.0. The minimum absolute atomic E-state index is 0.314. The smallest absolute Gasteiger partial charge is 0.183 e. The van der Waals surface area contributed by atoms with Crippen LogP contribution in [-0.4, -0.2) is 34.8 Å². The van der Waals surface area contributed by atoms with Crippen molar-refractivity contribution < 1.29 is 5.11 Å². The minimum Gasteiger partial charge on any atom is -0.396 e. The molecular formula is C23H29N5O. The molecule has 2 fully saturated rings. The minimum atomic E-state index is 0.314. The van der Waals surface area contributed by atoms with Gasteiger partial charge in [0.2, 0.25) is 0 Å². The summed E-state index contributed by atoms with van der Waals surface area (Å²) in [5.41, 5.74) is 2.58. The zero-order valence-electron chi connectivity index (χ0n) is 16.8. The van der Waals surface area contributed by atoms with E-state index in [0.29, 0.717) is 30.0 Å². The number of piperidine rings is 1. The van der Waals surface area contributed by atoms with Crippen LogP contribution in [0.15, 0.2) is 30.5 Å². The normalized spacial score (nSPS) is 22.1. The molecular weight excluding hydrogens is 362 g/mol. The molecule has 29 heavy (non-hydrogen) atoms. The Morgan fingerprint density at radius 2 is 1.79 bits per heavy atom. The summed E-state index contributed by atoms with van der Waals surface area (Å²) in [6.07, 6.45) is 9.80. The van der Waals surface area contributed by atoms with Crippen molar-refractivity contribution in [3.63, 3.8) is 0 Å². The number of nitrogens with zero attached hydrogens (tertiary/aromatic N) is 4. The average Bonchev–Trinajstić information content (AvgIpc) is 2.80. The molecule has 6 nitrogen and oxygen atoms in total. The summed E-state index contributed by atoms with van der Waals surface area (Å²) in [5.74, 6) is 2.40. The van der Waals surface area contributed by atoms with E-state index < -0.39 is 0 Å². The Hall–Kier alpha value is -2.65. The number of anilines is 3. The van der Waals surface area contributed by atoms with Crippen molar-refractivity contribution in [3.8, 4) is 6.07 Å². The number of nitriles is 1. The molecule has 2 N–H and O–H groups in total. The van der Waals surface area contributed by atoms with Crippen LogP contribution in [0, 0.1) is 17.2 Å². The molecule has 4 rings (SSSR count). The predicted molar refractivity (Wildman–Crippen MR) is 114 cm³/mol. The summed E-state index contributed by atoms with van der Waals surface area (Å²) < 4.78 is 0. The standard InChI is InChI=1S/C23H29N5O/c24-14-21-23(27-22(15-25-21)28-12-2-1-3-13-28)26-20-10-8-19(9-11-20)18-6-4-17(16-29)5-7-18/h8-11,15,17-18,29H,1-7,12-13,16H2,(H,26,27). The van der Waals surface area contributed by atoms with Crippen molar-refractivity contribution in [3.05, 3.63) is 41.7 Å². The van der Waals surface area contributed by atoms with Crippen molar-refractivity contribution in [2.45, 2.75) is 50.9 Å². The highest BCUT2D eigenvalue weighted by atomic mass is 16.3. The van der Waals surface area contributed by atoms with Gasteiger partial charge in [-0.3, -0.25) is 0 Å². The van der Waals surface area contributed by atoms with Crippen molar-refractivity contribution in [1.82, 2.24) is 9.97 Å². The zero-order chi connectivity index (χ0) is 20.1. The summed E-state index contributed by atoms with van der Waals surface area (Å²) in [6, 6.07) is 10.6. The molecule has 1 aromatic carbocycles. The molecule has 2 heterocycles. The molecule has 1 aromatic heterocycles. The molecule has 0 radical (unpaired) electrons. The fourth-order valence-corrected chi connectivity index (χ4v) is 4.48. The van der Waals surface area contributed by atoms with Crippen LogP contribution in [-0.2, 0) is 0 Å². The van der Waals surface area contributed by atoms with Crippen LogP contribution < -0.4 is 10.2 Å². The molecule has 0 bridgehead atoms. The number of aliphatic hydroxyl groups excluding tert-OH is 1. The highest BCUT2D eigenvalue weighted by molar-refractivity contribution is 5.63. The molecule has 2 aliphatic rings. The number of hydrogen-bond donors (Lipinski definition) is 2. The fraction of sp³-hybridized carbons (Fsp3) is 0.522. The molecule has 152 valence electrons. The summed E-state index contributed by atoms with van der Waals surface area (Å²) >= 11 is 0. The molecule has 1 aliphatic carbocycles. The van der Waals surface area contributed by atoms with Gasteiger partial charge in [0.25, 0.3) is 0 Å². The van der Waals surface area contributed by atoms with Gasteiger partial charge in [0, 0.05) is 25.4 Å². The van der Waals surface area contributed by atoms with Gasteiger partial charge in [-0.25, -0.2) is 9.97 Å². The van der Waals surface area contributed by atoms with Crippen LogP contribution in [0.5, 0.6) is 0 Å². The van der Waals surface area contributed by atoms with E-state index >= 15 is 0 Å². The van der Waals surface area contributed by atoms with E-state index in [9.17, 15) is 10.4 Å². The first kappa shape index (κ1) is 19.7. The van der Waals surface area contributed by atoms with E-state index in [0.717, 1.165) is 50.3 Å². The van der Waals surface area contributed by atoms with Crippen molar-refractivity contribution in [2.75, 3.05) is 29.9 Å². The second-order valence-corrected chi connectivity index (χ2v) is 8.23. The van der Waals surface area contributed by atoms with Crippen molar-refractivity contribution in [1.29, 1.82) is 5.26 Å². The van der Waals surface area contributed by atoms with Crippen LogP contribution in [0.2, 0.25) is 0 Å². The Balaban J connectivity index is 1.46. The molecule has 0 amide bonds. The maximum Gasteiger partial charge on any atom is 0.183 e. The van der Waals surface area contributed by atoms with Gasteiger partial charge < -0.3 is 15.3 Å². The maximum atomic E-state index is 9.43. The van der Waals surface area contributed by atoms with Gasteiger partial charge in [-0.15, -0.1) is 0 Å². The van der Waals surface area contributed by atoms with Gasteiger partial charge in [0.1, 0.15) is 11.9 Å². The number of aromatic nitrogens is 2. The third kappa shape index (κ3) is 4.68. The third-order valence-corrected chi connectivity index (χ3v) is 6.30. The van der Waals surface area contributed by atoms with E-state index in [2.05, 4.69) is 45.5 Å². The van der Waals surface area contributed by atoms with E-state index in [4.69, 9.17) is 4.98 Å². The second kappa shape index (κ2) is 9.23. The first-order chi connectivity index (χ1) is 14.3. The van der Waals surface area contributed by atoms with Gasteiger partial charge in [-0.2, -0.15) is 5.26 Å². The SMILES string of the molecule is N#Cc1ncc(N2CCCCC2)nc1Nc1ccc(C2CCC(CO)CC2)cc1. The van der Waals surface area contributed by atoms with E-state index in [1.807, 2.05) is 0 Å². The van der Waals surface area contributed by atoms with E-state index in [1.54, 1.807) is 6.20 Å². The lowest BCUT2D eigenvalue weighted by atomic mass is 9.79. The number of benzene rings is 1. The first-order valence-corrected chi connectivity index (χ1v) is 10.8. The maximum absolute atomic E-state index is 9.43. The quantitative estimate of drug-likeness (QED) is 0.788. The fourth-order valence-electron chi connectivity index (χ4n) is 4.48. The monoisotopic (exact) mass is 391 g/mol. The second-order valence-electron chi connectivity index (χ2n) is 8.23. The molecule has 0 atom stereocenters. The van der Waals surface area contributed by atoms with Crippen LogP contribution in [0.4, 0.5) is 17.3 Å². The van der Waals surface area contributed by atoms with Crippen LogP contribution >= 0.6 is 0 Å². The van der Waals surface area contributed by atoms with E-state index in [1.165, 1.54) is 24.8 Å². The largest absolute Gasteiger partial charge is 0.396 e. The molecule has 0 unspecified atom stereocenters. The van der Waals surface area contributed by atoms with Crippen molar-refractivity contribution >= 4 is 17.3 Å². The number of rotatable bonds is 5. The molecule has 0 spiro atoms. The Bertz CT molecular complexity index is 847. The Morgan fingerprint density at radius 3 is 2.45 bits per heavy atom. The Morgan fingerprint density at radius 1 is 1.07 bits per heavy atom. The summed E-state index contributed by atoms with van der Waals surface area (Å²) in [4.78, 5) is 11.3.